The third-order valence-corrected chi connectivity index (χ3v) is 3.93. The van der Waals surface area contributed by atoms with Gasteiger partial charge in [0, 0.05) is 0 Å². The highest BCUT2D eigenvalue weighted by atomic mass is 16.5. The van der Waals surface area contributed by atoms with Gasteiger partial charge < -0.3 is 9.84 Å². The summed E-state index contributed by atoms with van der Waals surface area (Å²) in [4.78, 5) is 25.4. The van der Waals surface area contributed by atoms with Gasteiger partial charge in [-0.3, -0.25) is 9.69 Å². The maximum atomic E-state index is 12.7. The Morgan fingerprint density at radius 1 is 1.32 bits per heavy atom. The molecule has 22 heavy (non-hydrogen) atoms. The summed E-state index contributed by atoms with van der Waals surface area (Å²) >= 11 is 0. The van der Waals surface area contributed by atoms with Crippen LogP contribution in [0, 0.1) is 0 Å². The maximum absolute atomic E-state index is 12.7. The van der Waals surface area contributed by atoms with Crippen LogP contribution < -0.4 is 9.64 Å². The predicted molar refractivity (Wildman–Crippen MR) is 84.4 cm³/mol. The van der Waals surface area contributed by atoms with E-state index in [0.29, 0.717) is 11.4 Å². The van der Waals surface area contributed by atoms with E-state index in [1.165, 1.54) is 11.8 Å². The molecule has 1 aliphatic rings. The second-order valence-corrected chi connectivity index (χ2v) is 7.23. The highest BCUT2D eigenvalue weighted by molar-refractivity contribution is 6.06. The van der Waals surface area contributed by atoms with Crippen LogP contribution in [0.4, 0.5) is 5.69 Å². The lowest BCUT2D eigenvalue weighted by Crippen LogP contribution is -2.57. The molecule has 0 spiro atoms. The zero-order valence-electron chi connectivity index (χ0n) is 13.9. The van der Waals surface area contributed by atoms with E-state index < -0.39 is 17.6 Å². The predicted octanol–water partition coefficient (Wildman–Crippen LogP) is 2.96. The zero-order valence-corrected chi connectivity index (χ0v) is 13.9. The fourth-order valence-corrected chi connectivity index (χ4v) is 2.47. The van der Waals surface area contributed by atoms with Crippen molar-refractivity contribution in [2.45, 2.75) is 58.6 Å². The van der Waals surface area contributed by atoms with E-state index in [2.05, 4.69) is 20.8 Å². The second-order valence-electron chi connectivity index (χ2n) is 7.23. The smallest absolute Gasteiger partial charge is 0.326 e. The monoisotopic (exact) mass is 305 g/mol. The van der Waals surface area contributed by atoms with E-state index in [0.717, 1.165) is 5.56 Å². The maximum Gasteiger partial charge on any atom is 0.326 e. The molecule has 1 aromatic carbocycles. The van der Waals surface area contributed by atoms with Crippen molar-refractivity contribution in [2.24, 2.45) is 0 Å². The lowest BCUT2D eigenvalue weighted by atomic mass is 9.86. The average molecular weight is 305 g/mol. The van der Waals surface area contributed by atoms with Crippen molar-refractivity contribution in [1.82, 2.24) is 0 Å². The molecule has 0 saturated heterocycles. The normalized spacial score (nSPS) is 18.5. The van der Waals surface area contributed by atoms with E-state index >= 15 is 0 Å². The first-order valence-corrected chi connectivity index (χ1v) is 7.35. The van der Waals surface area contributed by atoms with Crippen molar-refractivity contribution >= 4 is 17.6 Å². The molecule has 0 aliphatic carbocycles. The van der Waals surface area contributed by atoms with Gasteiger partial charge >= 0.3 is 5.97 Å². The van der Waals surface area contributed by atoms with Crippen molar-refractivity contribution in [2.75, 3.05) is 4.90 Å². The number of carboxylic acids is 1. The summed E-state index contributed by atoms with van der Waals surface area (Å²) in [5.41, 5.74) is 0.347. The van der Waals surface area contributed by atoms with Gasteiger partial charge in [-0.2, -0.15) is 0 Å². The summed E-state index contributed by atoms with van der Waals surface area (Å²) in [5, 5.41) is 9.34. The van der Waals surface area contributed by atoms with Gasteiger partial charge in [-0.05, 0) is 43.9 Å². The van der Waals surface area contributed by atoms with E-state index in [9.17, 15) is 14.7 Å². The lowest BCUT2D eigenvalue weighted by molar-refractivity contribution is -0.142. The van der Waals surface area contributed by atoms with Crippen LogP contribution in [-0.4, -0.2) is 28.6 Å². The molecule has 2 rings (SSSR count). The third-order valence-electron chi connectivity index (χ3n) is 3.93. The molecule has 0 bridgehead atoms. The molecule has 0 saturated carbocycles. The van der Waals surface area contributed by atoms with Crippen molar-refractivity contribution in [1.29, 1.82) is 0 Å². The number of fused-ring (bicyclic) bond motifs is 1. The van der Waals surface area contributed by atoms with Gasteiger partial charge in [-0.1, -0.05) is 26.8 Å². The van der Waals surface area contributed by atoms with Gasteiger partial charge in [0.05, 0.1) is 5.69 Å². The number of rotatable bonds is 2. The van der Waals surface area contributed by atoms with Crippen LogP contribution in [0.15, 0.2) is 18.2 Å². The minimum Gasteiger partial charge on any atom is -0.480 e. The van der Waals surface area contributed by atoms with Crippen LogP contribution in [0.3, 0.4) is 0 Å². The molecule has 5 nitrogen and oxygen atoms in total. The van der Waals surface area contributed by atoms with Crippen LogP contribution >= 0.6 is 0 Å². The highest BCUT2D eigenvalue weighted by Crippen LogP contribution is 2.41. The largest absolute Gasteiger partial charge is 0.480 e. The van der Waals surface area contributed by atoms with E-state index in [1.807, 2.05) is 18.2 Å². The van der Waals surface area contributed by atoms with Crippen molar-refractivity contribution in [3.8, 4) is 5.75 Å². The fraction of sp³-hybridized carbons (Fsp3) is 0.529. The number of benzene rings is 1. The van der Waals surface area contributed by atoms with Crippen LogP contribution in [0.2, 0.25) is 0 Å². The average Bonchev–Trinajstić information content (AvgIpc) is 2.37. The highest BCUT2D eigenvalue weighted by Gasteiger charge is 2.44. The number of carbonyl (C=O) groups excluding carboxylic acids is 1. The number of amides is 1. The molecular weight excluding hydrogens is 282 g/mol. The number of carbonyl (C=O) groups is 2. The molecule has 5 heteroatoms. The Labute approximate surface area is 130 Å². The fourth-order valence-electron chi connectivity index (χ4n) is 2.47. The molecule has 120 valence electrons. The van der Waals surface area contributed by atoms with E-state index in [-0.39, 0.29) is 11.3 Å². The summed E-state index contributed by atoms with van der Waals surface area (Å²) < 4.78 is 5.78. The number of carboxylic acid groups (broad SMARTS) is 1. The molecule has 1 heterocycles. The Kier molecular flexibility index (Phi) is 3.71. The minimum atomic E-state index is -1.08. The quantitative estimate of drug-likeness (QED) is 0.912. The second kappa shape index (κ2) is 5.00. The van der Waals surface area contributed by atoms with Gasteiger partial charge in [0.25, 0.3) is 5.91 Å². The molecule has 0 aromatic heterocycles. The Bertz CT molecular complexity index is 628. The minimum absolute atomic E-state index is 0.108. The standard InChI is InChI=1S/C17H23NO4/c1-10(14(19)20)18-12-9-11(16(2,3)4)7-8-13(12)22-17(5,6)15(18)21/h7-10H,1-6H3,(H,19,20). The zero-order chi connectivity index (χ0) is 16.9. The van der Waals surface area contributed by atoms with E-state index in [4.69, 9.17) is 4.74 Å². The molecule has 1 aromatic rings. The molecular formula is C17H23NO4. The summed E-state index contributed by atoms with van der Waals surface area (Å²) in [7, 11) is 0. The molecule has 1 amide bonds. The van der Waals surface area contributed by atoms with E-state index in [1.54, 1.807) is 13.8 Å². The van der Waals surface area contributed by atoms with Crippen LogP contribution in [0.1, 0.15) is 47.1 Å². The molecule has 1 N–H and O–H groups in total. The SMILES string of the molecule is CC(C(=O)O)N1C(=O)C(C)(C)Oc2ccc(C(C)(C)C)cc21. The number of anilines is 1. The van der Waals surface area contributed by atoms with Crippen molar-refractivity contribution in [3.05, 3.63) is 23.8 Å². The van der Waals surface area contributed by atoms with Crippen molar-refractivity contribution in [3.63, 3.8) is 0 Å². The first-order chi connectivity index (χ1) is 9.95. The number of nitrogens with zero attached hydrogens (tertiary/aromatic N) is 1. The molecule has 1 atom stereocenters. The van der Waals surface area contributed by atoms with Gasteiger partial charge in [0.1, 0.15) is 11.8 Å². The Balaban J connectivity index is 2.64. The van der Waals surface area contributed by atoms with Gasteiger partial charge in [-0.25, -0.2) is 4.79 Å². The van der Waals surface area contributed by atoms with Gasteiger partial charge in [-0.15, -0.1) is 0 Å². The summed E-state index contributed by atoms with van der Waals surface area (Å²) in [6.07, 6.45) is 0. The first kappa shape index (κ1) is 16.3. The van der Waals surface area contributed by atoms with Gasteiger partial charge in [0.2, 0.25) is 0 Å². The number of hydrogen-bond donors (Lipinski definition) is 1. The Morgan fingerprint density at radius 2 is 1.91 bits per heavy atom. The Hall–Kier alpha value is -2.04. The summed E-state index contributed by atoms with van der Waals surface area (Å²) in [6, 6.07) is 4.66. The number of aliphatic carboxylic acids is 1. The topological polar surface area (TPSA) is 66.8 Å². The number of ether oxygens (including phenoxy) is 1. The lowest BCUT2D eigenvalue weighted by Gasteiger charge is -2.41. The van der Waals surface area contributed by atoms with Crippen LogP contribution in [0.25, 0.3) is 0 Å². The molecule has 0 radical (unpaired) electrons. The van der Waals surface area contributed by atoms with Crippen LogP contribution in [0.5, 0.6) is 5.75 Å². The van der Waals surface area contributed by atoms with Gasteiger partial charge in [0.15, 0.2) is 5.60 Å². The molecule has 0 fully saturated rings. The third kappa shape index (κ3) is 2.67. The first-order valence-electron chi connectivity index (χ1n) is 7.35. The van der Waals surface area contributed by atoms with Crippen LogP contribution in [-0.2, 0) is 15.0 Å². The molecule has 1 unspecified atom stereocenters. The Morgan fingerprint density at radius 3 is 2.41 bits per heavy atom. The number of hydrogen-bond acceptors (Lipinski definition) is 3. The van der Waals surface area contributed by atoms with Crippen molar-refractivity contribution < 1.29 is 19.4 Å². The summed E-state index contributed by atoms with van der Waals surface area (Å²) in [6.45, 7) is 11.0. The summed E-state index contributed by atoms with van der Waals surface area (Å²) in [5.74, 6) is -0.857. The molecule has 1 aliphatic heterocycles.